The fraction of sp³-hybridized carbons (Fsp3) is 0.750. The summed E-state index contributed by atoms with van der Waals surface area (Å²) in [4.78, 5) is 62.4. The SMILES string of the molecule is CC(=O)O[C@H]1[C@H](C(C)C)[C@@H]2[C@@H]([C@H]3/C=C(/C)C(=O)CC[C@@](C)(OC(C)=O)[C@@H]2O3)[C@](C)(OC(C)=O)[C@H]1OC(C)=O. The lowest BCUT2D eigenvalue weighted by atomic mass is 9.55. The van der Waals surface area contributed by atoms with Crippen molar-refractivity contribution in [2.75, 3.05) is 0 Å². The Labute approximate surface area is 223 Å². The Kier molecular flexibility index (Phi) is 8.46. The molecule has 212 valence electrons. The fourth-order valence-electron chi connectivity index (χ4n) is 6.96. The van der Waals surface area contributed by atoms with Gasteiger partial charge in [0.1, 0.15) is 17.8 Å². The monoisotopic (exact) mass is 536 g/mol. The van der Waals surface area contributed by atoms with Crippen molar-refractivity contribution >= 4 is 29.7 Å². The molecule has 0 radical (unpaired) electrons. The standard InChI is InChI=1S/C28H40O10/c1-13(2)21-22-23(28(9,38-18(7)32)26(35-16(5)30)24(21)34-15(4)29)20-12-14(3)19(33)10-11-27(8,25(22)36-20)37-17(6)31/h12-13,20-26H,10-11H2,1-9H3/b14-12-/t20-,21-,22-,23-,24+,25-,26+,27-,28+/m1/s1. The van der Waals surface area contributed by atoms with E-state index in [1.807, 2.05) is 13.8 Å². The van der Waals surface area contributed by atoms with Crippen LogP contribution in [-0.4, -0.2) is 65.3 Å². The first-order valence-corrected chi connectivity index (χ1v) is 13.1. The topological polar surface area (TPSA) is 132 Å². The molecule has 0 aromatic rings. The van der Waals surface area contributed by atoms with Crippen molar-refractivity contribution in [1.29, 1.82) is 0 Å². The van der Waals surface area contributed by atoms with E-state index in [1.54, 1.807) is 26.8 Å². The first-order chi connectivity index (χ1) is 17.5. The number of allylic oxidation sites excluding steroid dienone is 1. The summed E-state index contributed by atoms with van der Waals surface area (Å²) in [7, 11) is 0. The minimum absolute atomic E-state index is 0.115. The Balaban J connectivity index is 2.37. The summed E-state index contributed by atoms with van der Waals surface area (Å²) in [6.07, 6.45) is -1.55. The Morgan fingerprint density at radius 3 is 2.03 bits per heavy atom. The second-order valence-electron chi connectivity index (χ2n) is 11.5. The number of rotatable bonds is 5. The van der Waals surface area contributed by atoms with E-state index in [2.05, 4.69) is 0 Å². The quantitative estimate of drug-likeness (QED) is 0.381. The number of ketones is 1. The molecule has 10 nitrogen and oxygen atoms in total. The third kappa shape index (κ3) is 5.51. The molecule has 3 rings (SSSR count). The van der Waals surface area contributed by atoms with Crippen LogP contribution < -0.4 is 0 Å². The van der Waals surface area contributed by atoms with E-state index in [0.717, 1.165) is 0 Å². The van der Waals surface area contributed by atoms with E-state index in [0.29, 0.717) is 5.57 Å². The average molecular weight is 537 g/mol. The third-order valence-electron chi connectivity index (χ3n) is 8.18. The highest BCUT2D eigenvalue weighted by Crippen LogP contribution is 2.58. The van der Waals surface area contributed by atoms with Crippen molar-refractivity contribution in [2.45, 2.75) is 111 Å². The Morgan fingerprint density at radius 2 is 1.53 bits per heavy atom. The normalized spacial score (nSPS) is 40.0. The summed E-state index contributed by atoms with van der Waals surface area (Å²) in [6.45, 7) is 14.1. The molecule has 2 fully saturated rings. The molecule has 0 spiro atoms. The number of carbonyl (C=O) groups excluding carboxylic acids is 5. The lowest BCUT2D eigenvalue weighted by Crippen LogP contribution is -2.69. The lowest BCUT2D eigenvalue weighted by Gasteiger charge is -2.55. The molecule has 0 aromatic carbocycles. The highest BCUT2D eigenvalue weighted by atomic mass is 16.6. The van der Waals surface area contributed by atoms with Crippen LogP contribution in [-0.2, 0) is 47.7 Å². The molecule has 2 bridgehead atoms. The molecule has 1 aliphatic carbocycles. The van der Waals surface area contributed by atoms with Crippen LogP contribution in [0.25, 0.3) is 0 Å². The van der Waals surface area contributed by atoms with Gasteiger partial charge < -0.3 is 23.7 Å². The average Bonchev–Trinajstić information content (AvgIpc) is 3.14. The molecule has 1 saturated heterocycles. The van der Waals surface area contributed by atoms with Gasteiger partial charge in [-0.25, -0.2) is 0 Å². The van der Waals surface area contributed by atoms with E-state index in [9.17, 15) is 24.0 Å². The smallest absolute Gasteiger partial charge is 0.303 e. The van der Waals surface area contributed by atoms with Gasteiger partial charge in [0.2, 0.25) is 0 Å². The highest BCUT2D eigenvalue weighted by Gasteiger charge is 2.71. The van der Waals surface area contributed by atoms with Crippen LogP contribution in [0.15, 0.2) is 11.6 Å². The van der Waals surface area contributed by atoms with Crippen molar-refractivity contribution in [3.8, 4) is 0 Å². The Hall–Kier alpha value is -2.75. The summed E-state index contributed by atoms with van der Waals surface area (Å²) in [5, 5.41) is 0. The molecule has 2 aliphatic heterocycles. The second-order valence-corrected chi connectivity index (χ2v) is 11.5. The number of ether oxygens (including phenoxy) is 5. The van der Waals surface area contributed by atoms with E-state index >= 15 is 0 Å². The van der Waals surface area contributed by atoms with E-state index in [4.69, 9.17) is 23.7 Å². The maximum absolute atomic E-state index is 12.9. The van der Waals surface area contributed by atoms with Crippen LogP contribution in [0.2, 0.25) is 0 Å². The summed E-state index contributed by atoms with van der Waals surface area (Å²) < 4.78 is 30.1. The minimum atomic E-state index is -1.51. The molecule has 0 N–H and O–H groups in total. The maximum Gasteiger partial charge on any atom is 0.303 e. The van der Waals surface area contributed by atoms with E-state index in [-0.39, 0.29) is 24.5 Å². The van der Waals surface area contributed by atoms with Crippen LogP contribution in [0.3, 0.4) is 0 Å². The fourth-order valence-corrected chi connectivity index (χ4v) is 6.96. The van der Waals surface area contributed by atoms with E-state index in [1.165, 1.54) is 27.7 Å². The van der Waals surface area contributed by atoms with Crippen molar-refractivity contribution < 1.29 is 47.7 Å². The zero-order chi connectivity index (χ0) is 28.7. The zero-order valence-corrected chi connectivity index (χ0v) is 23.7. The summed E-state index contributed by atoms with van der Waals surface area (Å²) in [6, 6.07) is 0. The van der Waals surface area contributed by atoms with Crippen LogP contribution in [0.5, 0.6) is 0 Å². The molecule has 0 amide bonds. The highest BCUT2D eigenvalue weighted by molar-refractivity contribution is 5.95. The lowest BCUT2D eigenvalue weighted by molar-refractivity contribution is -0.248. The second kappa shape index (κ2) is 10.8. The Bertz CT molecular complexity index is 1030. The minimum Gasteiger partial charge on any atom is -0.458 e. The van der Waals surface area contributed by atoms with Gasteiger partial charge >= 0.3 is 23.9 Å². The van der Waals surface area contributed by atoms with Crippen LogP contribution in [0.4, 0.5) is 0 Å². The van der Waals surface area contributed by atoms with Crippen LogP contribution in [0.1, 0.15) is 75.2 Å². The third-order valence-corrected chi connectivity index (χ3v) is 8.18. The van der Waals surface area contributed by atoms with Gasteiger partial charge in [-0.2, -0.15) is 0 Å². The first-order valence-electron chi connectivity index (χ1n) is 13.1. The molecule has 0 unspecified atom stereocenters. The van der Waals surface area contributed by atoms with E-state index < -0.39 is 77.2 Å². The number of hydrogen-bond donors (Lipinski definition) is 0. The molecule has 1 saturated carbocycles. The van der Waals surface area contributed by atoms with Gasteiger partial charge in [-0.05, 0) is 44.8 Å². The van der Waals surface area contributed by atoms with Gasteiger partial charge in [0.05, 0.1) is 6.10 Å². The summed E-state index contributed by atoms with van der Waals surface area (Å²) >= 11 is 0. The van der Waals surface area contributed by atoms with Crippen LogP contribution >= 0.6 is 0 Å². The predicted octanol–water partition coefficient (Wildman–Crippen LogP) is 3.09. The van der Waals surface area contributed by atoms with Gasteiger partial charge in [0.25, 0.3) is 0 Å². The number of Topliss-reactive ketones (excluding diaryl/α,β-unsaturated/α-hetero) is 1. The predicted molar refractivity (Wildman–Crippen MR) is 133 cm³/mol. The molecular formula is C28H40O10. The molecule has 3 aliphatic rings. The molecule has 38 heavy (non-hydrogen) atoms. The van der Waals surface area contributed by atoms with Crippen molar-refractivity contribution in [1.82, 2.24) is 0 Å². The number of carbonyl (C=O) groups is 5. The zero-order valence-electron chi connectivity index (χ0n) is 23.7. The molecule has 2 heterocycles. The number of hydrogen-bond acceptors (Lipinski definition) is 10. The van der Waals surface area contributed by atoms with Gasteiger partial charge in [-0.3, -0.25) is 24.0 Å². The first kappa shape index (κ1) is 29.8. The molecule has 9 atom stereocenters. The Morgan fingerprint density at radius 1 is 0.947 bits per heavy atom. The number of fused-ring (bicyclic) bond motifs is 5. The van der Waals surface area contributed by atoms with Gasteiger partial charge in [0.15, 0.2) is 17.5 Å². The summed E-state index contributed by atoms with van der Waals surface area (Å²) in [5.41, 5.74) is -2.25. The van der Waals surface area contributed by atoms with Crippen LogP contribution in [0, 0.1) is 23.7 Å². The largest absolute Gasteiger partial charge is 0.458 e. The molecule has 10 heteroatoms. The summed E-state index contributed by atoms with van der Waals surface area (Å²) in [5.74, 6) is -4.14. The van der Waals surface area contributed by atoms with Crippen molar-refractivity contribution in [3.63, 3.8) is 0 Å². The van der Waals surface area contributed by atoms with Gasteiger partial charge in [0, 0.05) is 51.9 Å². The molecular weight excluding hydrogens is 496 g/mol. The maximum atomic E-state index is 12.9. The number of esters is 4. The van der Waals surface area contributed by atoms with Gasteiger partial charge in [-0.1, -0.05) is 13.8 Å². The van der Waals surface area contributed by atoms with Crippen molar-refractivity contribution in [2.24, 2.45) is 23.7 Å². The molecule has 0 aromatic heterocycles. The van der Waals surface area contributed by atoms with Gasteiger partial charge in [-0.15, -0.1) is 0 Å². The van der Waals surface area contributed by atoms with Crippen molar-refractivity contribution in [3.05, 3.63) is 11.6 Å².